The topological polar surface area (TPSA) is 74.8 Å². The van der Waals surface area contributed by atoms with E-state index in [1.165, 1.54) is 5.56 Å². The van der Waals surface area contributed by atoms with Gasteiger partial charge in [0.05, 0.1) is 7.11 Å². The number of ether oxygens (including phenoxy) is 1. The maximum atomic E-state index is 12.1. The Morgan fingerprint density at radius 1 is 0.964 bits per heavy atom. The highest BCUT2D eigenvalue weighted by Gasteiger charge is 2.05. The summed E-state index contributed by atoms with van der Waals surface area (Å²) in [5, 5.41) is 10.0. The van der Waals surface area contributed by atoms with Crippen LogP contribution in [0.15, 0.2) is 53.5 Å². The normalized spacial score (nSPS) is 10.6. The van der Waals surface area contributed by atoms with Gasteiger partial charge in [-0.25, -0.2) is 0 Å². The van der Waals surface area contributed by atoms with E-state index in [0.717, 1.165) is 23.7 Å². The van der Waals surface area contributed by atoms with E-state index in [-0.39, 0.29) is 29.9 Å². The highest BCUT2D eigenvalue weighted by molar-refractivity contribution is 14.0. The maximum Gasteiger partial charge on any atom is 0.251 e. The molecule has 6 nitrogen and oxygen atoms in total. The molecule has 8 heteroatoms. The highest BCUT2D eigenvalue weighted by atomic mass is 127. The van der Waals surface area contributed by atoms with Gasteiger partial charge >= 0.3 is 0 Å². The molecule has 152 valence electrons. The molecule has 0 saturated heterocycles. The van der Waals surface area contributed by atoms with Crippen molar-refractivity contribution < 1.29 is 9.53 Å². The average Bonchev–Trinajstić information content (AvgIpc) is 2.71. The van der Waals surface area contributed by atoms with E-state index in [1.54, 1.807) is 38.4 Å². The number of amides is 1. The van der Waals surface area contributed by atoms with Gasteiger partial charge in [-0.1, -0.05) is 23.7 Å². The minimum atomic E-state index is -0.120. The third-order valence-electron chi connectivity index (χ3n) is 3.90. The predicted molar refractivity (Wildman–Crippen MR) is 125 cm³/mol. The van der Waals surface area contributed by atoms with Crippen LogP contribution in [0.4, 0.5) is 0 Å². The number of methoxy groups -OCH3 is 1. The van der Waals surface area contributed by atoms with Crippen LogP contribution in [-0.4, -0.2) is 45.7 Å². The summed E-state index contributed by atoms with van der Waals surface area (Å²) in [6.07, 6.45) is 0.867. The molecule has 0 radical (unpaired) electrons. The summed E-state index contributed by atoms with van der Waals surface area (Å²) >= 11 is 5.88. The van der Waals surface area contributed by atoms with Crippen molar-refractivity contribution in [1.29, 1.82) is 0 Å². The Morgan fingerprint density at radius 2 is 1.57 bits per heavy atom. The molecule has 0 aliphatic rings. The third kappa shape index (κ3) is 8.35. The van der Waals surface area contributed by atoms with Crippen molar-refractivity contribution in [2.24, 2.45) is 4.99 Å². The number of nitrogens with zero attached hydrogens (tertiary/aromatic N) is 1. The van der Waals surface area contributed by atoms with Gasteiger partial charge in [0, 0.05) is 37.3 Å². The predicted octanol–water partition coefficient (Wildman–Crippen LogP) is 3.10. The van der Waals surface area contributed by atoms with Crippen LogP contribution in [0.3, 0.4) is 0 Å². The van der Waals surface area contributed by atoms with E-state index in [9.17, 15) is 4.79 Å². The second-order valence-electron chi connectivity index (χ2n) is 5.79. The van der Waals surface area contributed by atoms with E-state index in [4.69, 9.17) is 16.3 Å². The summed E-state index contributed by atoms with van der Waals surface area (Å²) in [4.78, 5) is 16.3. The summed E-state index contributed by atoms with van der Waals surface area (Å²) in [5.41, 5.74) is 1.80. The van der Waals surface area contributed by atoms with Crippen molar-refractivity contribution in [1.82, 2.24) is 16.0 Å². The van der Waals surface area contributed by atoms with Crippen LogP contribution in [-0.2, 0) is 6.42 Å². The molecule has 2 rings (SSSR count). The van der Waals surface area contributed by atoms with Gasteiger partial charge in [-0.15, -0.1) is 24.0 Å². The van der Waals surface area contributed by atoms with Crippen molar-refractivity contribution in [3.05, 3.63) is 64.7 Å². The molecule has 3 N–H and O–H groups in total. The molecule has 0 atom stereocenters. The minimum Gasteiger partial charge on any atom is -0.497 e. The molecule has 0 aliphatic heterocycles. The summed E-state index contributed by atoms with van der Waals surface area (Å²) in [6.45, 7) is 1.81. The fourth-order valence-corrected chi connectivity index (χ4v) is 2.52. The van der Waals surface area contributed by atoms with E-state index in [1.807, 2.05) is 24.3 Å². The van der Waals surface area contributed by atoms with Gasteiger partial charge in [-0.2, -0.15) is 0 Å². The van der Waals surface area contributed by atoms with Gasteiger partial charge in [-0.05, 0) is 48.4 Å². The fraction of sp³-hybridized carbons (Fsp3) is 0.300. The highest BCUT2D eigenvalue weighted by Crippen LogP contribution is 2.11. The number of halogens is 2. The Kier molecular flexibility index (Phi) is 11.4. The first kappa shape index (κ1) is 24.0. The van der Waals surface area contributed by atoms with Gasteiger partial charge in [0.2, 0.25) is 0 Å². The molecule has 0 saturated carbocycles. The Hall–Kier alpha value is -2.00. The quantitative estimate of drug-likeness (QED) is 0.218. The van der Waals surface area contributed by atoms with Crippen LogP contribution in [0.1, 0.15) is 15.9 Å². The molecule has 0 aliphatic carbocycles. The Morgan fingerprint density at radius 3 is 2.18 bits per heavy atom. The van der Waals surface area contributed by atoms with Crippen molar-refractivity contribution in [2.45, 2.75) is 6.42 Å². The van der Waals surface area contributed by atoms with Crippen molar-refractivity contribution in [2.75, 3.05) is 33.8 Å². The Labute approximate surface area is 188 Å². The number of benzene rings is 2. The lowest BCUT2D eigenvalue weighted by atomic mass is 10.1. The van der Waals surface area contributed by atoms with Crippen molar-refractivity contribution in [3.8, 4) is 5.75 Å². The van der Waals surface area contributed by atoms with Gasteiger partial charge in [0.15, 0.2) is 5.96 Å². The molecule has 0 unspecified atom stereocenters. The van der Waals surface area contributed by atoms with Crippen LogP contribution in [0.25, 0.3) is 0 Å². The molecule has 1 amide bonds. The molecule has 0 spiro atoms. The zero-order valence-electron chi connectivity index (χ0n) is 16.0. The number of carbonyl (C=O) groups excluding carboxylic acids is 1. The second-order valence-corrected chi connectivity index (χ2v) is 6.22. The lowest BCUT2D eigenvalue weighted by Crippen LogP contribution is -2.42. The van der Waals surface area contributed by atoms with Crippen molar-refractivity contribution >= 4 is 47.4 Å². The first-order valence-electron chi connectivity index (χ1n) is 8.73. The zero-order valence-corrected chi connectivity index (χ0v) is 19.1. The lowest BCUT2D eigenvalue weighted by Gasteiger charge is -2.12. The summed E-state index contributed by atoms with van der Waals surface area (Å²) in [5.74, 6) is 1.30. The SMILES string of the molecule is CN=C(NCCNC(=O)c1ccc(OC)cc1)NCCc1ccc(Cl)cc1.I. The molecule has 2 aromatic rings. The molecular weight excluding hydrogens is 491 g/mol. The van der Waals surface area contributed by atoms with Crippen LogP contribution < -0.4 is 20.7 Å². The molecule has 0 bridgehead atoms. The summed E-state index contributed by atoms with van der Waals surface area (Å²) in [6, 6.07) is 14.8. The van der Waals surface area contributed by atoms with Gasteiger partial charge in [0.1, 0.15) is 5.75 Å². The minimum absolute atomic E-state index is 0. The molecular formula is C20H26ClIN4O2. The second kappa shape index (κ2) is 13.2. The van der Waals surface area contributed by atoms with Crippen LogP contribution in [0.5, 0.6) is 5.75 Å². The number of hydrogen-bond acceptors (Lipinski definition) is 3. The number of nitrogens with one attached hydrogen (secondary N) is 3. The van der Waals surface area contributed by atoms with Crippen LogP contribution >= 0.6 is 35.6 Å². The molecule has 0 aromatic heterocycles. The Balaban J connectivity index is 0.00000392. The number of hydrogen-bond donors (Lipinski definition) is 3. The third-order valence-corrected chi connectivity index (χ3v) is 4.15. The number of carbonyl (C=O) groups is 1. The number of aliphatic imine (C=N–C) groups is 1. The first-order valence-corrected chi connectivity index (χ1v) is 9.11. The lowest BCUT2D eigenvalue weighted by molar-refractivity contribution is 0.0954. The van der Waals surface area contributed by atoms with Crippen molar-refractivity contribution in [3.63, 3.8) is 0 Å². The molecule has 2 aromatic carbocycles. The standard InChI is InChI=1S/C20H25ClN4O2.HI/c1-22-20(24-12-11-15-3-7-17(21)8-4-15)25-14-13-23-19(26)16-5-9-18(27-2)10-6-16;/h3-10H,11-14H2,1-2H3,(H,23,26)(H2,22,24,25);1H. The summed E-state index contributed by atoms with van der Waals surface area (Å²) in [7, 11) is 3.31. The summed E-state index contributed by atoms with van der Waals surface area (Å²) < 4.78 is 5.08. The molecule has 0 heterocycles. The van der Waals surface area contributed by atoms with E-state index in [2.05, 4.69) is 20.9 Å². The number of rotatable bonds is 8. The monoisotopic (exact) mass is 516 g/mol. The fourth-order valence-electron chi connectivity index (χ4n) is 2.40. The van der Waals surface area contributed by atoms with Gasteiger partial charge in [0.25, 0.3) is 5.91 Å². The number of guanidine groups is 1. The van der Waals surface area contributed by atoms with Crippen LogP contribution in [0.2, 0.25) is 5.02 Å². The van der Waals surface area contributed by atoms with E-state index < -0.39 is 0 Å². The average molecular weight is 517 g/mol. The smallest absolute Gasteiger partial charge is 0.251 e. The zero-order chi connectivity index (χ0) is 19.5. The largest absolute Gasteiger partial charge is 0.497 e. The van der Waals surface area contributed by atoms with Crippen LogP contribution in [0, 0.1) is 0 Å². The molecule has 0 fully saturated rings. The molecule has 28 heavy (non-hydrogen) atoms. The maximum absolute atomic E-state index is 12.1. The van der Waals surface area contributed by atoms with E-state index >= 15 is 0 Å². The first-order chi connectivity index (χ1) is 13.1. The van der Waals surface area contributed by atoms with E-state index in [0.29, 0.717) is 24.6 Å². The van der Waals surface area contributed by atoms with Gasteiger partial charge in [-0.3, -0.25) is 9.79 Å². The van der Waals surface area contributed by atoms with Gasteiger partial charge < -0.3 is 20.7 Å². The Bertz CT molecular complexity index is 752.